The van der Waals surface area contributed by atoms with Crippen molar-refractivity contribution in [2.24, 2.45) is 0 Å². The highest BCUT2D eigenvalue weighted by Crippen LogP contribution is 2.16. The van der Waals surface area contributed by atoms with E-state index in [9.17, 15) is 8.42 Å². The predicted molar refractivity (Wildman–Crippen MR) is 64.2 cm³/mol. The summed E-state index contributed by atoms with van der Waals surface area (Å²) >= 11 is 0. The van der Waals surface area contributed by atoms with Crippen LogP contribution in [0.1, 0.15) is 6.92 Å². The Bertz CT molecular complexity index is 474. The summed E-state index contributed by atoms with van der Waals surface area (Å²) in [5, 5.41) is 4.01. The van der Waals surface area contributed by atoms with Gasteiger partial charge in [0.1, 0.15) is 4.90 Å². The summed E-state index contributed by atoms with van der Waals surface area (Å²) in [5.74, 6) is 0. The molecule has 6 nitrogen and oxygen atoms in total. The monoisotopic (exact) mass is 258 g/mol. The Morgan fingerprint density at radius 1 is 1.29 bits per heavy atom. The lowest BCUT2D eigenvalue weighted by Crippen LogP contribution is -2.46. The number of hydrogen-bond acceptors (Lipinski definition) is 4. The minimum absolute atomic E-state index is 0.295. The van der Waals surface area contributed by atoms with Crippen LogP contribution in [0.25, 0.3) is 0 Å². The molecule has 0 N–H and O–H groups in total. The SMILES string of the molecule is CCn1cc(S(=O)(=O)N2CCN(C)CC2)cn1. The zero-order valence-electron chi connectivity index (χ0n) is 10.2. The minimum atomic E-state index is -3.35. The van der Waals surface area contributed by atoms with Crippen molar-refractivity contribution in [1.29, 1.82) is 0 Å². The predicted octanol–water partition coefficient (Wildman–Crippen LogP) is -0.161. The van der Waals surface area contributed by atoms with Gasteiger partial charge in [0.2, 0.25) is 10.0 Å². The molecule has 0 aliphatic carbocycles. The summed E-state index contributed by atoms with van der Waals surface area (Å²) in [6, 6.07) is 0. The summed E-state index contributed by atoms with van der Waals surface area (Å²) < 4.78 is 27.7. The van der Waals surface area contributed by atoms with Gasteiger partial charge in [0.25, 0.3) is 0 Å². The molecule has 1 aromatic rings. The molecule has 0 bridgehead atoms. The molecule has 7 heteroatoms. The Kier molecular flexibility index (Phi) is 3.50. The van der Waals surface area contributed by atoms with Gasteiger partial charge in [-0.05, 0) is 14.0 Å². The van der Waals surface area contributed by atoms with Crippen molar-refractivity contribution in [3.05, 3.63) is 12.4 Å². The zero-order chi connectivity index (χ0) is 12.5. The molecule has 0 unspecified atom stereocenters. The van der Waals surface area contributed by atoms with Crippen LogP contribution >= 0.6 is 0 Å². The molecule has 1 fully saturated rings. The first-order valence-electron chi connectivity index (χ1n) is 5.75. The van der Waals surface area contributed by atoms with E-state index in [0.29, 0.717) is 24.5 Å². The molecule has 2 heterocycles. The van der Waals surface area contributed by atoms with Crippen molar-refractivity contribution in [3.63, 3.8) is 0 Å². The molecule has 2 rings (SSSR count). The van der Waals surface area contributed by atoms with Gasteiger partial charge in [0.15, 0.2) is 0 Å². The van der Waals surface area contributed by atoms with Gasteiger partial charge in [-0.3, -0.25) is 4.68 Å². The van der Waals surface area contributed by atoms with E-state index < -0.39 is 10.0 Å². The van der Waals surface area contributed by atoms with Gasteiger partial charge in [-0.1, -0.05) is 0 Å². The third kappa shape index (κ3) is 2.51. The summed E-state index contributed by atoms with van der Waals surface area (Å²) in [6.07, 6.45) is 3.02. The Balaban J connectivity index is 2.18. The fourth-order valence-electron chi connectivity index (χ4n) is 1.83. The highest BCUT2D eigenvalue weighted by atomic mass is 32.2. The molecule has 1 aliphatic rings. The Hall–Kier alpha value is -0.920. The maximum Gasteiger partial charge on any atom is 0.246 e. The minimum Gasteiger partial charge on any atom is -0.304 e. The van der Waals surface area contributed by atoms with Crippen LogP contribution in [0.2, 0.25) is 0 Å². The number of nitrogens with zero attached hydrogens (tertiary/aromatic N) is 4. The highest BCUT2D eigenvalue weighted by Gasteiger charge is 2.28. The van der Waals surface area contributed by atoms with E-state index in [1.165, 1.54) is 10.5 Å². The van der Waals surface area contributed by atoms with Gasteiger partial charge in [-0.2, -0.15) is 9.40 Å². The van der Waals surface area contributed by atoms with E-state index in [4.69, 9.17) is 0 Å². The van der Waals surface area contributed by atoms with Gasteiger partial charge < -0.3 is 4.90 Å². The van der Waals surface area contributed by atoms with Gasteiger partial charge >= 0.3 is 0 Å². The average Bonchev–Trinajstić information content (AvgIpc) is 2.78. The summed E-state index contributed by atoms with van der Waals surface area (Å²) in [4.78, 5) is 2.42. The number of aryl methyl sites for hydroxylation is 1. The molecule has 0 radical (unpaired) electrons. The van der Waals surface area contributed by atoms with Crippen LogP contribution in [0.5, 0.6) is 0 Å². The maximum absolute atomic E-state index is 12.3. The largest absolute Gasteiger partial charge is 0.304 e. The second-order valence-corrected chi connectivity index (χ2v) is 6.18. The van der Waals surface area contributed by atoms with Crippen LogP contribution in [0, 0.1) is 0 Å². The average molecular weight is 258 g/mol. The van der Waals surface area contributed by atoms with Gasteiger partial charge in [0.05, 0.1) is 6.20 Å². The summed E-state index contributed by atoms with van der Waals surface area (Å²) in [6.45, 7) is 5.27. The first-order chi connectivity index (χ1) is 8.04. The lowest BCUT2D eigenvalue weighted by molar-refractivity contribution is 0.222. The molecule has 1 aliphatic heterocycles. The number of hydrogen-bond donors (Lipinski definition) is 0. The summed E-state index contributed by atoms with van der Waals surface area (Å²) in [5.41, 5.74) is 0. The fourth-order valence-corrected chi connectivity index (χ4v) is 3.21. The van der Waals surface area contributed by atoms with E-state index >= 15 is 0 Å². The molecular formula is C10H18N4O2S. The van der Waals surface area contributed by atoms with Gasteiger partial charge in [-0.15, -0.1) is 0 Å². The van der Waals surface area contributed by atoms with Crippen LogP contribution in [-0.4, -0.2) is 60.6 Å². The quantitative estimate of drug-likeness (QED) is 0.756. The van der Waals surface area contributed by atoms with Crippen molar-refractivity contribution in [2.45, 2.75) is 18.4 Å². The van der Waals surface area contributed by atoms with Crippen molar-refractivity contribution in [1.82, 2.24) is 19.0 Å². The molecule has 1 aromatic heterocycles. The van der Waals surface area contributed by atoms with Crippen molar-refractivity contribution >= 4 is 10.0 Å². The molecular weight excluding hydrogens is 240 g/mol. The number of rotatable bonds is 3. The van der Waals surface area contributed by atoms with E-state index in [0.717, 1.165) is 13.1 Å². The molecule has 0 amide bonds. The smallest absolute Gasteiger partial charge is 0.246 e. The lowest BCUT2D eigenvalue weighted by Gasteiger charge is -2.31. The first kappa shape index (κ1) is 12.5. The van der Waals surface area contributed by atoms with Crippen molar-refractivity contribution < 1.29 is 8.42 Å². The second kappa shape index (κ2) is 4.75. The normalized spacial score (nSPS) is 19.6. The molecule has 17 heavy (non-hydrogen) atoms. The fraction of sp³-hybridized carbons (Fsp3) is 0.700. The topological polar surface area (TPSA) is 58.4 Å². The van der Waals surface area contributed by atoms with Crippen LogP contribution in [-0.2, 0) is 16.6 Å². The van der Waals surface area contributed by atoms with Crippen LogP contribution in [0.4, 0.5) is 0 Å². The maximum atomic E-state index is 12.3. The zero-order valence-corrected chi connectivity index (χ0v) is 11.0. The standard InChI is InChI=1S/C10H18N4O2S/c1-3-13-9-10(8-11-13)17(15,16)14-6-4-12(2)5-7-14/h8-9H,3-7H2,1-2H3. The second-order valence-electron chi connectivity index (χ2n) is 4.24. The van der Waals surface area contributed by atoms with E-state index in [2.05, 4.69) is 10.00 Å². The number of sulfonamides is 1. The van der Waals surface area contributed by atoms with Crippen molar-refractivity contribution in [2.75, 3.05) is 33.2 Å². The Morgan fingerprint density at radius 3 is 2.47 bits per heavy atom. The van der Waals surface area contributed by atoms with E-state index in [1.807, 2.05) is 14.0 Å². The third-order valence-electron chi connectivity index (χ3n) is 3.03. The lowest BCUT2D eigenvalue weighted by atomic mass is 10.4. The molecule has 0 atom stereocenters. The number of likely N-dealkylation sites (N-methyl/N-ethyl adjacent to an activating group) is 1. The summed E-state index contributed by atoms with van der Waals surface area (Å²) in [7, 11) is -1.35. The van der Waals surface area contributed by atoms with Crippen LogP contribution < -0.4 is 0 Å². The Morgan fingerprint density at radius 2 is 1.94 bits per heavy atom. The molecule has 0 saturated carbocycles. The molecule has 0 aromatic carbocycles. The highest BCUT2D eigenvalue weighted by molar-refractivity contribution is 7.89. The number of piperazine rings is 1. The van der Waals surface area contributed by atoms with Crippen molar-refractivity contribution in [3.8, 4) is 0 Å². The van der Waals surface area contributed by atoms with Crippen LogP contribution in [0.3, 0.4) is 0 Å². The van der Waals surface area contributed by atoms with Gasteiger partial charge in [-0.25, -0.2) is 8.42 Å². The molecule has 96 valence electrons. The first-order valence-corrected chi connectivity index (χ1v) is 7.19. The van der Waals surface area contributed by atoms with Gasteiger partial charge in [0, 0.05) is 38.9 Å². The third-order valence-corrected chi connectivity index (χ3v) is 4.89. The van der Waals surface area contributed by atoms with E-state index in [1.54, 1.807) is 10.9 Å². The molecule has 0 spiro atoms. The number of aromatic nitrogens is 2. The van der Waals surface area contributed by atoms with Crippen LogP contribution in [0.15, 0.2) is 17.3 Å². The Labute approximate surface area is 102 Å². The van der Waals surface area contributed by atoms with E-state index in [-0.39, 0.29) is 0 Å². The molecule has 1 saturated heterocycles.